The average molecular weight is 418 g/mol. The quantitative estimate of drug-likeness (QED) is 0.658. The first-order valence-corrected chi connectivity index (χ1v) is 10.9. The van der Waals surface area contributed by atoms with Crippen LogP contribution in [-0.4, -0.2) is 55.8 Å². The number of amides is 2. The van der Waals surface area contributed by atoms with Crippen molar-refractivity contribution in [1.29, 1.82) is 0 Å². The summed E-state index contributed by atoms with van der Waals surface area (Å²) in [5, 5.41) is 2.68. The van der Waals surface area contributed by atoms with E-state index in [1.165, 1.54) is 11.2 Å². The van der Waals surface area contributed by atoms with Gasteiger partial charge in [-0.15, -0.1) is 6.58 Å². The molecule has 0 spiro atoms. The molecule has 2 heterocycles. The molecule has 0 aliphatic carbocycles. The van der Waals surface area contributed by atoms with Crippen LogP contribution in [0.5, 0.6) is 5.75 Å². The largest absolute Gasteiger partial charge is 0.484 e. The van der Waals surface area contributed by atoms with E-state index in [1.807, 2.05) is 0 Å². The fourth-order valence-electron chi connectivity index (χ4n) is 3.11. The third kappa shape index (κ3) is 5.47. The lowest BCUT2D eigenvalue weighted by Crippen LogP contribution is -2.43. The Morgan fingerprint density at radius 1 is 1.31 bits per heavy atom. The summed E-state index contributed by atoms with van der Waals surface area (Å²) in [6.07, 6.45) is 3.38. The SMILES string of the molecule is C=CCN(C(=O)COc1cccc(NC(=O)c2ccco2)c1)C1CCS(=O)(=O)C1. The van der Waals surface area contributed by atoms with Crippen LogP contribution in [-0.2, 0) is 14.6 Å². The zero-order chi connectivity index (χ0) is 20.9. The molecule has 1 aromatic heterocycles. The van der Waals surface area contributed by atoms with E-state index in [-0.39, 0.29) is 42.4 Å². The Labute approximate surface area is 169 Å². The molecule has 3 rings (SSSR count). The summed E-state index contributed by atoms with van der Waals surface area (Å²) in [6.45, 7) is 3.64. The molecule has 2 amide bonds. The van der Waals surface area contributed by atoms with Crippen LogP contribution in [0.25, 0.3) is 0 Å². The van der Waals surface area contributed by atoms with Crippen LogP contribution < -0.4 is 10.1 Å². The van der Waals surface area contributed by atoms with E-state index in [1.54, 1.807) is 42.5 Å². The molecule has 1 unspecified atom stereocenters. The minimum absolute atomic E-state index is 0.0408. The van der Waals surface area contributed by atoms with Crippen molar-refractivity contribution in [2.45, 2.75) is 12.5 Å². The highest BCUT2D eigenvalue weighted by atomic mass is 32.2. The zero-order valence-electron chi connectivity index (χ0n) is 15.7. The highest BCUT2D eigenvalue weighted by Crippen LogP contribution is 2.20. The number of nitrogens with one attached hydrogen (secondary N) is 1. The Morgan fingerprint density at radius 3 is 2.79 bits per heavy atom. The standard InChI is InChI=1S/C20H22N2O6S/c1-2-9-22(16-8-11-29(25,26)14-16)19(23)13-28-17-6-3-5-15(12-17)21-20(24)18-7-4-10-27-18/h2-7,10,12,16H,1,8-9,11,13-14H2,(H,21,24). The number of carbonyl (C=O) groups is 2. The summed E-state index contributed by atoms with van der Waals surface area (Å²) in [5.74, 6) is -0.108. The predicted molar refractivity (Wildman–Crippen MR) is 108 cm³/mol. The Hall–Kier alpha value is -3.07. The Bertz CT molecular complexity index is 984. The smallest absolute Gasteiger partial charge is 0.291 e. The minimum Gasteiger partial charge on any atom is -0.484 e. The number of hydrogen-bond acceptors (Lipinski definition) is 6. The van der Waals surface area contributed by atoms with Crippen LogP contribution in [0, 0.1) is 0 Å². The lowest BCUT2D eigenvalue weighted by Gasteiger charge is -2.27. The second-order valence-electron chi connectivity index (χ2n) is 6.64. The van der Waals surface area contributed by atoms with Crippen LogP contribution in [0.15, 0.2) is 59.7 Å². The second kappa shape index (κ2) is 8.95. The topological polar surface area (TPSA) is 106 Å². The van der Waals surface area contributed by atoms with Gasteiger partial charge >= 0.3 is 0 Å². The molecule has 1 aromatic carbocycles. The molecule has 1 N–H and O–H groups in total. The molecule has 0 saturated carbocycles. The van der Waals surface area contributed by atoms with Crippen molar-refractivity contribution in [3.63, 3.8) is 0 Å². The first-order chi connectivity index (χ1) is 13.9. The number of ether oxygens (including phenoxy) is 1. The molecule has 1 aliphatic heterocycles. The number of nitrogens with zero attached hydrogens (tertiary/aromatic N) is 1. The van der Waals surface area contributed by atoms with Gasteiger partial charge < -0.3 is 19.4 Å². The first kappa shape index (κ1) is 20.7. The van der Waals surface area contributed by atoms with Gasteiger partial charge in [0.1, 0.15) is 5.75 Å². The maximum absolute atomic E-state index is 12.6. The van der Waals surface area contributed by atoms with Crippen molar-refractivity contribution in [2.24, 2.45) is 0 Å². The summed E-state index contributed by atoms with van der Waals surface area (Å²) in [4.78, 5) is 26.1. The molecular weight excluding hydrogens is 396 g/mol. The van der Waals surface area contributed by atoms with Gasteiger partial charge in [0.2, 0.25) is 0 Å². The van der Waals surface area contributed by atoms with Crippen molar-refractivity contribution < 1.29 is 27.2 Å². The summed E-state index contributed by atoms with van der Waals surface area (Å²) in [6, 6.07) is 9.41. The van der Waals surface area contributed by atoms with E-state index in [0.717, 1.165) is 0 Å². The monoisotopic (exact) mass is 418 g/mol. The third-order valence-corrected chi connectivity index (χ3v) is 6.24. The number of carbonyl (C=O) groups excluding carboxylic acids is 2. The number of hydrogen-bond donors (Lipinski definition) is 1. The normalized spacial score (nSPS) is 17.4. The minimum atomic E-state index is -3.11. The van der Waals surface area contributed by atoms with Gasteiger partial charge in [-0.1, -0.05) is 12.1 Å². The number of rotatable bonds is 8. The number of anilines is 1. The van der Waals surface area contributed by atoms with E-state index < -0.39 is 15.7 Å². The third-order valence-electron chi connectivity index (χ3n) is 4.49. The van der Waals surface area contributed by atoms with E-state index in [2.05, 4.69) is 11.9 Å². The number of benzene rings is 1. The van der Waals surface area contributed by atoms with Crippen molar-refractivity contribution in [3.05, 3.63) is 61.1 Å². The lowest BCUT2D eigenvalue weighted by atomic mass is 10.2. The second-order valence-corrected chi connectivity index (χ2v) is 8.87. The van der Waals surface area contributed by atoms with Gasteiger partial charge in [-0.3, -0.25) is 9.59 Å². The Morgan fingerprint density at radius 2 is 2.14 bits per heavy atom. The fraction of sp³-hybridized carbons (Fsp3) is 0.300. The fourth-order valence-corrected chi connectivity index (χ4v) is 4.84. The van der Waals surface area contributed by atoms with Crippen molar-refractivity contribution in [1.82, 2.24) is 4.90 Å². The molecule has 1 atom stereocenters. The van der Waals surface area contributed by atoms with Crippen LogP contribution in [0.1, 0.15) is 17.0 Å². The molecule has 1 fully saturated rings. The van der Waals surface area contributed by atoms with Crippen LogP contribution in [0.2, 0.25) is 0 Å². The van der Waals surface area contributed by atoms with Crippen LogP contribution in [0.3, 0.4) is 0 Å². The maximum atomic E-state index is 12.6. The van der Waals surface area contributed by atoms with E-state index >= 15 is 0 Å². The van der Waals surface area contributed by atoms with Gasteiger partial charge in [0, 0.05) is 24.3 Å². The molecule has 2 aromatic rings. The average Bonchev–Trinajstić information content (AvgIpc) is 3.34. The molecule has 0 radical (unpaired) electrons. The Kier molecular flexibility index (Phi) is 6.38. The Balaban J connectivity index is 1.60. The molecule has 29 heavy (non-hydrogen) atoms. The highest BCUT2D eigenvalue weighted by molar-refractivity contribution is 7.91. The molecule has 9 heteroatoms. The highest BCUT2D eigenvalue weighted by Gasteiger charge is 2.34. The first-order valence-electron chi connectivity index (χ1n) is 9.06. The molecule has 1 saturated heterocycles. The summed E-state index contributed by atoms with van der Waals surface area (Å²) < 4.78 is 34.1. The van der Waals surface area contributed by atoms with E-state index in [0.29, 0.717) is 17.9 Å². The molecule has 0 bridgehead atoms. The summed E-state index contributed by atoms with van der Waals surface area (Å²) >= 11 is 0. The van der Waals surface area contributed by atoms with Gasteiger partial charge in [0.15, 0.2) is 22.2 Å². The van der Waals surface area contributed by atoms with Crippen LogP contribution in [0.4, 0.5) is 5.69 Å². The number of furan rings is 1. The van der Waals surface area contributed by atoms with Gasteiger partial charge in [-0.05, 0) is 30.7 Å². The van der Waals surface area contributed by atoms with E-state index in [4.69, 9.17) is 9.15 Å². The molecular formula is C20H22N2O6S. The van der Waals surface area contributed by atoms with Crippen molar-refractivity contribution in [3.8, 4) is 5.75 Å². The maximum Gasteiger partial charge on any atom is 0.291 e. The van der Waals surface area contributed by atoms with E-state index in [9.17, 15) is 18.0 Å². The van der Waals surface area contributed by atoms with Gasteiger partial charge in [-0.25, -0.2) is 8.42 Å². The number of sulfone groups is 1. The molecule has 154 valence electrons. The lowest BCUT2D eigenvalue weighted by molar-refractivity contribution is -0.134. The summed E-state index contributed by atoms with van der Waals surface area (Å²) in [7, 11) is -3.11. The van der Waals surface area contributed by atoms with Gasteiger partial charge in [0.05, 0.1) is 17.8 Å². The molecule has 1 aliphatic rings. The zero-order valence-corrected chi connectivity index (χ0v) is 16.6. The summed E-state index contributed by atoms with van der Waals surface area (Å²) in [5.41, 5.74) is 0.487. The van der Waals surface area contributed by atoms with Crippen molar-refractivity contribution in [2.75, 3.05) is 30.0 Å². The molecule has 8 nitrogen and oxygen atoms in total. The van der Waals surface area contributed by atoms with Crippen LogP contribution >= 0.6 is 0 Å². The van der Waals surface area contributed by atoms with Gasteiger partial charge in [-0.2, -0.15) is 0 Å². The van der Waals surface area contributed by atoms with Crippen molar-refractivity contribution >= 4 is 27.3 Å². The van der Waals surface area contributed by atoms with Gasteiger partial charge in [0.25, 0.3) is 11.8 Å². The predicted octanol–water partition coefficient (Wildman–Crippen LogP) is 2.11.